The van der Waals surface area contributed by atoms with Gasteiger partial charge in [0.1, 0.15) is 18.1 Å². The second kappa shape index (κ2) is 11.7. The highest BCUT2D eigenvalue weighted by Gasteiger charge is 2.29. The van der Waals surface area contributed by atoms with Gasteiger partial charge in [-0.3, -0.25) is 24.2 Å². The Morgan fingerprint density at radius 2 is 1.59 bits per heavy atom. The van der Waals surface area contributed by atoms with Crippen molar-refractivity contribution in [2.45, 2.75) is 57.8 Å². The molecule has 0 rings (SSSR count). The standard InChI is InChI=1S/C15H29N7O5/c1-7(12(16)25)20-13(26)10(5-4-6-19-15(17)18)22-14(27)11(8(2)23)21-9(3)24/h7-8,10-11,23H,4-6H2,1-3H3,(H2,16,25)(H,20,26)(H,21,24)(H,22,27)(H4,17,18,19)/t7-,8+,10-,11+/m0/s1. The van der Waals surface area contributed by atoms with Gasteiger partial charge >= 0.3 is 0 Å². The number of nitrogens with zero attached hydrogens (tertiary/aromatic N) is 1. The van der Waals surface area contributed by atoms with Gasteiger partial charge in [0, 0.05) is 13.5 Å². The minimum atomic E-state index is -1.25. The van der Waals surface area contributed by atoms with Crippen molar-refractivity contribution in [3.63, 3.8) is 0 Å². The van der Waals surface area contributed by atoms with Crippen LogP contribution in [0.5, 0.6) is 0 Å². The zero-order valence-electron chi connectivity index (χ0n) is 15.7. The fraction of sp³-hybridized carbons (Fsp3) is 0.667. The summed E-state index contributed by atoms with van der Waals surface area (Å²) in [4.78, 5) is 50.9. The SMILES string of the molecule is CC(=O)N[C@@H](C(=O)N[C@@H](CCCN=C(N)N)C(=O)N[C@@H](C)C(N)=O)[C@@H](C)O. The molecule has 0 bridgehead atoms. The quantitative estimate of drug-likeness (QED) is 0.107. The Morgan fingerprint density at radius 1 is 1.00 bits per heavy atom. The topological polar surface area (TPSA) is 215 Å². The number of guanidine groups is 1. The summed E-state index contributed by atoms with van der Waals surface area (Å²) >= 11 is 0. The van der Waals surface area contributed by atoms with Crippen LogP contribution in [0.2, 0.25) is 0 Å². The predicted molar refractivity (Wildman–Crippen MR) is 97.9 cm³/mol. The average Bonchev–Trinajstić information content (AvgIpc) is 2.54. The van der Waals surface area contributed by atoms with Gasteiger partial charge in [0.15, 0.2) is 5.96 Å². The van der Waals surface area contributed by atoms with Gasteiger partial charge in [-0.15, -0.1) is 0 Å². The van der Waals surface area contributed by atoms with Crippen LogP contribution < -0.4 is 33.2 Å². The molecule has 12 heteroatoms. The Hall–Kier alpha value is -2.89. The third-order valence-electron chi connectivity index (χ3n) is 3.49. The highest BCUT2D eigenvalue weighted by molar-refractivity contribution is 5.93. The smallest absolute Gasteiger partial charge is 0.245 e. The van der Waals surface area contributed by atoms with E-state index in [-0.39, 0.29) is 18.9 Å². The molecule has 0 aliphatic heterocycles. The molecule has 4 atom stereocenters. The number of aliphatic hydroxyl groups excluding tert-OH is 1. The molecule has 10 N–H and O–H groups in total. The molecule has 0 aromatic carbocycles. The monoisotopic (exact) mass is 387 g/mol. The van der Waals surface area contributed by atoms with E-state index in [0.29, 0.717) is 6.42 Å². The second-order valence-corrected chi connectivity index (χ2v) is 6.06. The Bertz CT molecular complexity index is 575. The number of carbonyl (C=O) groups excluding carboxylic acids is 4. The number of hydrogen-bond donors (Lipinski definition) is 7. The first kappa shape index (κ1) is 24.1. The van der Waals surface area contributed by atoms with Crippen molar-refractivity contribution < 1.29 is 24.3 Å². The van der Waals surface area contributed by atoms with Gasteiger partial charge in [0.25, 0.3) is 0 Å². The van der Waals surface area contributed by atoms with Crippen LogP contribution in [0.4, 0.5) is 0 Å². The lowest BCUT2D eigenvalue weighted by molar-refractivity contribution is -0.134. The summed E-state index contributed by atoms with van der Waals surface area (Å²) in [6, 6.07) is -3.25. The largest absolute Gasteiger partial charge is 0.391 e. The molecule has 4 amide bonds. The van der Waals surface area contributed by atoms with Crippen molar-refractivity contribution in [3.05, 3.63) is 0 Å². The van der Waals surface area contributed by atoms with E-state index < -0.39 is 47.9 Å². The molecule has 0 aliphatic rings. The predicted octanol–water partition coefficient (Wildman–Crippen LogP) is -3.60. The van der Waals surface area contributed by atoms with Crippen LogP contribution in [0.3, 0.4) is 0 Å². The van der Waals surface area contributed by atoms with Crippen molar-refractivity contribution in [2.24, 2.45) is 22.2 Å². The summed E-state index contributed by atoms with van der Waals surface area (Å²) in [6.45, 7) is 4.13. The second-order valence-electron chi connectivity index (χ2n) is 6.06. The molecule has 0 heterocycles. The molecule has 154 valence electrons. The minimum Gasteiger partial charge on any atom is -0.391 e. The lowest BCUT2D eigenvalue weighted by Crippen LogP contribution is -2.58. The van der Waals surface area contributed by atoms with E-state index in [9.17, 15) is 24.3 Å². The number of aliphatic hydroxyl groups is 1. The van der Waals surface area contributed by atoms with Gasteiger partial charge in [-0.2, -0.15) is 0 Å². The molecule has 0 fully saturated rings. The van der Waals surface area contributed by atoms with Gasteiger partial charge in [-0.05, 0) is 26.7 Å². The maximum atomic E-state index is 12.4. The molecule has 0 saturated heterocycles. The van der Waals surface area contributed by atoms with Crippen molar-refractivity contribution in [1.29, 1.82) is 0 Å². The number of aliphatic imine (C=N–C) groups is 1. The fourth-order valence-corrected chi connectivity index (χ4v) is 2.04. The number of primary amides is 1. The van der Waals surface area contributed by atoms with Crippen LogP contribution in [0, 0.1) is 0 Å². The summed E-state index contributed by atoms with van der Waals surface area (Å²) in [5.74, 6) is -2.77. The molecular weight excluding hydrogens is 358 g/mol. The van der Waals surface area contributed by atoms with Crippen LogP contribution in [0.1, 0.15) is 33.6 Å². The van der Waals surface area contributed by atoms with E-state index in [4.69, 9.17) is 17.2 Å². The van der Waals surface area contributed by atoms with Gasteiger partial charge in [-0.1, -0.05) is 0 Å². The van der Waals surface area contributed by atoms with E-state index in [1.807, 2.05) is 0 Å². The Balaban J connectivity index is 5.16. The van der Waals surface area contributed by atoms with Crippen LogP contribution in [0.15, 0.2) is 4.99 Å². The van der Waals surface area contributed by atoms with E-state index in [1.165, 1.54) is 20.8 Å². The molecule has 0 spiro atoms. The van der Waals surface area contributed by atoms with E-state index in [0.717, 1.165) is 0 Å². The highest BCUT2D eigenvalue weighted by Crippen LogP contribution is 2.02. The summed E-state index contributed by atoms with van der Waals surface area (Å²) in [5, 5.41) is 16.8. The van der Waals surface area contributed by atoms with Crippen molar-refractivity contribution in [3.8, 4) is 0 Å². The van der Waals surface area contributed by atoms with Crippen molar-refractivity contribution >= 4 is 29.6 Å². The number of nitrogens with two attached hydrogens (primary N) is 3. The molecular formula is C15H29N7O5. The highest BCUT2D eigenvalue weighted by atomic mass is 16.3. The van der Waals surface area contributed by atoms with Crippen molar-refractivity contribution in [1.82, 2.24) is 16.0 Å². The molecule has 0 aliphatic carbocycles. The van der Waals surface area contributed by atoms with Crippen LogP contribution in [-0.4, -0.2) is 65.5 Å². The third-order valence-corrected chi connectivity index (χ3v) is 3.49. The Kier molecular flexibility index (Phi) is 10.4. The van der Waals surface area contributed by atoms with Gasteiger partial charge < -0.3 is 38.3 Å². The number of rotatable bonds is 11. The molecule has 0 unspecified atom stereocenters. The summed E-state index contributed by atoms with van der Waals surface area (Å²) < 4.78 is 0. The normalized spacial score (nSPS) is 14.8. The zero-order chi connectivity index (χ0) is 21.1. The molecule has 0 aromatic rings. The maximum absolute atomic E-state index is 12.4. The zero-order valence-corrected chi connectivity index (χ0v) is 15.7. The number of nitrogens with one attached hydrogen (secondary N) is 3. The van der Waals surface area contributed by atoms with E-state index >= 15 is 0 Å². The summed E-state index contributed by atoms with van der Waals surface area (Å²) in [7, 11) is 0. The van der Waals surface area contributed by atoms with Crippen LogP contribution >= 0.6 is 0 Å². The number of amides is 4. The van der Waals surface area contributed by atoms with E-state index in [2.05, 4.69) is 20.9 Å². The lowest BCUT2D eigenvalue weighted by Gasteiger charge is -2.25. The molecule has 0 aromatic heterocycles. The van der Waals surface area contributed by atoms with E-state index in [1.54, 1.807) is 0 Å². The van der Waals surface area contributed by atoms with Crippen LogP contribution in [0.25, 0.3) is 0 Å². The Labute approximate surface area is 157 Å². The molecule has 0 radical (unpaired) electrons. The first-order chi connectivity index (χ1) is 12.5. The van der Waals surface area contributed by atoms with Gasteiger partial charge in [0.05, 0.1) is 6.10 Å². The molecule has 0 saturated carbocycles. The minimum absolute atomic E-state index is 0.109. The number of hydrogen-bond acceptors (Lipinski definition) is 6. The van der Waals surface area contributed by atoms with Crippen molar-refractivity contribution in [2.75, 3.05) is 6.54 Å². The van der Waals surface area contributed by atoms with Crippen LogP contribution in [-0.2, 0) is 19.2 Å². The molecule has 12 nitrogen and oxygen atoms in total. The maximum Gasteiger partial charge on any atom is 0.245 e. The first-order valence-electron chi connectivity index (χ1n) is 8.36. The lowest BCUT2D eigenvalue weighted by atomic mass is 10.1. The number of carbonyl (C=O) groups is 4. The first-order valence-corrected chi connectivity index (χ1v) is 8.36. The third kappa shape index (κ3) is 9.99. The van der Waals surface area contributed by atoms with Gasteiger partial charge in [-0.25, -0.2) is 0 Å². The summed E-state index contributed by atoms with van der Waals surface area (Å²) in [6.07, 6.45) is -0.698. The summed E-state index contributed by atoms with van der Waals surface area (Å²) in [5.41, 5.74) is 15.6. The fourth-order valence-electron chi connectivity index (χ4n) is 2.04. The Morgan fingerprint density at radius 3 is 2.04 bits per heavy atom. The average molecular weight is 387 g/mol. The molecule has 27 heavy (non-hydrogen) atoms. The van der Waals surface area contributed by atoms with Gasteiger partial charge in [0.2, 0.25) is 23.6 Å².